The van der Waals surface area contributed by atoms with E-state index in [-0.39, 0.29) is 11.9 Å². The molecule has 2 rings (SSSR count). The van der Waals surface area contributed by atoms with Gasteiger partial charge in [-0.2, -0.15) is 0 Å². The summed E-state index contributed by atoms with van der Waals surface area (Å²) in [6.45, 7) is 7.01. The van der Waals surface area contributed by atoms with E-state index in [9.17, 15) is 4.39 Å². The molecule has 1 aromatic carbocycles. The fourth-order valence-electron chi connectivity index (χ4n) is 2.40. The molecular weight excluding hydrogens is 251 g/mol. The van der Waals surface area contributed by atoms with E-state index in [0.717, 1.165) is 35.3 Å². The molecular formula is C17H21FN2. The first-order chi connectivity index (χ1) is 9.63. The van der Waals surface area contributed by atoms with Gasteiger partial charge in [-0.25, -0.2) is 4.39 Å². The molecule has 0 aliphatic carbocycles. The van der Waals surface area contributed by atoms with Gasteiger partial charge in [0.15, 0.2) is 0 Å². The monoisotopic (exact) mass is 272 g/mol. The topological polar surface area (TPSA) is 24.9 Å². The zero-order valence-corrected chi connectivity index (χ0v) is 12.3. The van der Waals surface area contributed by atoms with Crippen molar-refractivity contribution in [3.63, 3.8) is 0 Å². The number of benzene rings is 1. The van der Waals surface area contributed by atoms with Gasteiger partial charge in [-0.15, -0.1) is 0 Å². The summed E-state index contributed by atoms with van der Waals surface area (Å²) in [6, 6.07) is 8.93. The molecule has 3 heteroatoms. The van der Waals surface area contributed by atoms with Crippen LogP contribution in [0.15, 0.2) is 36.5 Å². The second kappa shape index (κ2) is 6.62. The lowest BCUT2D eigenvalue weighted by Crippen LogP contribution is -2.25. The molecule has 106 valence electrons. The van der Waals surface area contributed by atoms with Crippen LogP contribution in [0.2, 0.25) is 0 Å². The summed E-state index contributed by atoms with van der Waals surface area (Å²) < 4.78 is 13.6. The normalized spacial score (nSPS) is 12.4. The maximum Gasteiger partial charge on any atom is 0.123 e. The van der Waals surface area contributed by atoms with Crippen molar-refractivity contribution in [2.45, 2.75) is 33.2 Å². The standard InChI is InChI=1S/C17H21FN2/c1-4-9-20-17(15-6-5-10-19-13(15)3)16-11-14(18)8-7-12(16)2/h5-8,10-11,17,20H,4,9H2,1-3H3. The quantitative estimate of drug-likeness (QED) is 0.892. The molecule has 0 aliphatic heterocycles. The second-order valence-electron chi connectivity index (χ2n) is 5.07. The van der Waals surface area contributed by atoms with Crippen molar-refractivity contribution in [3.05, 3.63) is 64.7 Å². The molecule has 0 aliphatic rings. The Labute approximate surface area is 120 Å². The Morgan fingerprint density at radius 1 is 1.20 bits per heavy atom. The third-order valence-electron chi connectivity index (χ3n) is 3.51. The van der Waals surface area contributed by atoms with E-state index >= 15 is 0 Å². The largest absolute Gasteiger partial charge is 0.306 e. The van der Waals surface area contributed by atoms with E-state index < -0.39 is 0 Å². The number of pyridine rings is 1. The number of nitrogens with one attached hydrogen (secondary N) is 1. The molecule has 0 saturated heterocycles. The second-order valence-corrected chi connectivity index (χ2v) is 5.07. The Morgan fingerprint density at radius 3 is 2.70 bits per heavy atom. The van der Waals surface area contributed by atoms with Gasteiger partial charge in [0, 0.05) is 11.9 Å². The minimum Gasteiger partial charge on any atom is -0.306 e. The van der Waals surface area contributed by atoms with Crippen molar-refractivity contribution in [2.75, 3.05) is 6.54 Å². The van der Waals surface area contributed by atoms with Crippen molar-refractivity contribution in [1.82, 2.24) is 10.3 Å². The van der Waals surface area contributed by atoms with Crippen molar-refractivity contribution in [1.29, 1.82) is 0 Å². The first-order valence-corrected chi connectivity index (χ1v) is 7.04. The summed E-state index contributed by atoms with van der Waals surface area (Å²) in [5.74, 6) is -0.199. The number of aromatic nitrogens is 1. The maximum atomic E-state index is 13.6. The van der Waals surface area contributed by atoms with Gasteiger partial charge in [0.2, 0.25) is 0 Å². The number of hydrogen-bond acceptors (Lipinski definition) is 2. The Hall–Kier alpha value is -1.74. The Balaban J connectivity index is 2.47. The molecule has 0 spiro atoms. The van der Waals surface area contributed by atoms with Gasteiger partial charge in [-0.05, 0) is 61.7 Å². The molecule has 0 amide bonds. The molecule has 2 nitrogen and oxygen atoms in total. The average molecular weight is 272 g/mol. The Bertz CT molecular complexity index is 581. The molecule has 1 aromatic heterocycles. The molecule has 1 unspecified atom stereocenters. The summed E-state index contributed by atoms with van der Waals surface area (Å²) in [5.41, 5.74) is 4.15. The number of hydrogen-bond donors (Lipinski definition) is 1. The van der Waals surface area contributed by atoms with Crippen LogP contribution in [0.4, 0.5) is 4.39 Å². The van der Waals surface area contributed by atoms with Crippen molar-refractivity contribution >= 4 is 0 Å². The minimum atomic E-state index is -0.199. The van der Waals surface area contributed by atoms with Crippen LogP contribution in [0.5, 0.6) is 0 Å². The third kappa shape index (κ3) is 3.23. The predicted molar refractivity (Wildman–Crippen MR) is 80.2 cm³/mol. The van der Waals surface area contributed by atoms with Crippen LogP contribution in [-0.2, 0) is 0 Å². The van der Waals surface area contributed by atoms with Crippen LogP contribution < -0.4 is 5.32 Å². The first kappa shape index (κ1) is 14.7. The van der Waals surface area contributed by atoms with Crippen molar-refractivity contribution in [3.8, 4) is 0 Å². The Morgan fingerprint density at radius 2 is 2.00 bits per heavy atom. The predicted octanol–water partition coefficient (Wildman–Crippen LogP) is 3.93. The average Bonchev–Trinajstić information content (AvgIpc) is 2.44. The van der Waals surface area contributed by atoms with Gasteiger partial charge in [-0.3, -0.25) is 4.98 Å². The SMILES string of the molecule is CCCNC(c1cc(F)ccc1C)c1cccnc1C. The van der Waals surface area contributed by atoms with Crippen molar-refractivity contribution in [2.24, 2.45) is 0 Å². The van der Waals surface area contributed by atoms with E-state index in [1.807, 2.05) is 26.0 Å². The van der Waals surface area contributed by atoms with Crippen LogP contribution in [-0.4, -0.2) is 11.5 Å². The zero-order chi connectivity index (χ0) is 14.5. The summed E-state index contributed by atoms with van der Waals surface area (Å²) in [6.07, 6.45) is 2.82. The lowest BCUT2D eigenvalue weighted by molar-refractivity contribution is 0.579. The first-order valence-electron chi connectivity index (χ1n) is 7.04. The summed E-state index contributed by atoms with van der Waals surface area (Å²) in [4.78, 5) is 4.35. The van der Waals surface area contributed by atoms with E-state index in [2.05, 4.69) is 23.3 Å². The lowest BCUT2D eigenvalue weighted by atomic mass is 9.94. The molecule has 1 N–H and O–H groups in total. The van der Waals surface area contributed by atoms with E-state index in [0.29, 0.717) is 0 Å². The van der Waals surface area contributed by atoms with Gasteiger partial charge >= 0.3 is 0 Å². The highest BCUT2D eigenvalue weighted by atomic mass is 19.1. The summed E-state index contributed by atoms with van der Waals surface area (Å²) in [7, 11) is 0. The number of nitrogens with zero attached hydrogens (tertiary/aromatic N) is 1. The highest BCUT2D eigenvalue weighted by Crippen LogP contribution is 2.27. The van der Waals surface area contributed by atoms with Crippen LogP contribution in [0.25, 0.3) is 0 Å². The van der Waals surface area contributed by atoms with E-state index in [4.69, 9.17) is 0 Å². The van der Waals surface area contributed by atoms with Crippen molar-refractivity contribution < 1.29 is 4.39 Å². The van der Waals surface area contributed by atoms with E-state index in [1.54, 1.807) is 12.3 Å². The summed E-state index contributed by atoms with van der Waals surface area (Å²) in [5, 5.41) is 3.50. The fourth-order valence-corrected chi connectivity index (χ4v) is 2.40. The third-order valence-corrected chi connectivity index (χ3v) is 3.51. The summed E-state index contributed by atoms with van der Waals surface area (Å²) >= 11 is 0. The van der Waals surface area contributed by atoms with Gasteiger partial charge in [0.25, 0.3) is 0 Å². The molecule has 1 heterocycles. The maximum absolute atomic E-state index is 13.6. The molecule has 0 bridgehead atoms. The fraction of sp³-hybridized carbons (Fsp3) is 0.353. The zero-order valence-electron chi connectivity index (χ0n) is 12.3. The van der Waals surface area contributed by atoms with Crippen LogP contribution >= 0.6 is 0 Å². The number of aryl methyl sites for hydroxylation is 2. The molecule has 0 radical (unpaired) electrons. The van der Waals surface area contributed by atoms with Crippen LogP contribution in [0, 0.1) is 19.7 Å². The smallest absolute Gasteiger partial charge is 0.123 e. The molecule has 2 aromatic rings. The molecule has 20 heavy (non-hydrogen) atoms. The minimum absolute atomic E-state index is 0.0145. The van der Waals surface area contributed by atoms with Gasteiger partial charge in [0.1, 0.15) is 5.82 Å². The highest BCUT2D eigenvalue weighted by Gasteiger charge is 2.18. The molecule has 0 fully saturated rings. The van der Waals surface area contributed by atoms with Gasteiger partial charge in [-0.1, -0.05) is 19.1 Å². The van der Waals surface area contributed by atoms with Crippen LogP contribution in [0.3, 0.4) is 0 Å². The molecule has 0 saturated carbocycles. The number of rotatable bonds is 5. The lowest BCUT2D eigenvalue weighted by Gasteiger charge is -2.22. The Kier molecular flexibility index (Phi) is 4.85. The van der Waals surface area contributed by atoms with Crippen LogP contribution in [0.1, 0.15) is 41.8 Å². The molecule has 1 atom stereocenters. The highest BCUT2D eigenvalue weighted by molar-refractivity contribution is 5.38. The van der Waals surface area contributed by atoms with E-state index in [1.165, 1.54) is 6.07 Å². The van der Waals surface area contributed by atoms with Gasteiger partial charge < -0.3 is 5.32 Å². The van der Waals surface area contributed by atoms with Gasteiger partial charge in [0.05, 0.1) is 6.04 Å². The number of halogens is 1.